The molecule has 2 aromatic heterocycles. The molecule has 24 heavy (non-hydrogen) atoms. The molecule has 0 bridgehead atoms. The van der Waals surface area contributed by atoms with Crippen LogP contribution in [0, 0.1) is 0 Å². The van der Waals surface area contributed by atoms with Crippen molar-refractivity contribution in [2.24, 2.45) is 0 Å². The van der Waals surface area contributed by atoms with Crippen molar-refractivity contribution in [3.63, 3.8) is 0 Å². The molecule has 0 N–H and O–H groups in total. The summed E-state index contributed by atoms with van der Waals surface area (Å²) in [5, 5.41) is 4.71. The average molecular weight is 320 g/mol. The molecule has 3 heterocycles. The zero-order chi connectivity index (χ0) is 16.2. The normalized spacial score (nSPS) is 17.8. The van der Waals surface area contributed by atoms with Gasteiger partial charge < -0.3 is 4.74 Å². The second-order valence-electron chi connectivity index (χ2n) is 6.08. The first-order valence-electron chi connectivity index (χ1n) is 8.40. The van der Waals surface area contributed by atoms with Crippen molar-refractivity contribution in [2.45, 2.75) is 31.9 Å². The summed E-state index contributed by atoms with van der Waals surface area (Å²) in [6.07, 6.45) is 11.0. The number of benzene rings is 1. The van der Waals surface area contributed by atoms with Crippen LogP contribution in [0.5, 0.6) is 0 Å². The minimum Gasteiger partial charge on any atom is -0.376 e. The van der Waals surface area contributed by atoms with E-state index >= 15 is 0 Å². The highest BCUT2D eigenvalue weighted by atomic mass is 16.5. The molecule has 5 nitrogen and oxygen atoms in total. The Bertz CT molecular complexity index is 794. The van der Waals surface area contributed by atoms with Crippen molar-refractivity contribution in [2.75, 3.05) is 6.61 Å². The lowest BCUT2D eigenvalue weighted by Crippen LogP contribution is -2.24. The van der Waals surface area contributed by atoms with Crippen LogP contribution in [0.1, 0.15) is 19.3 Å². The summed E-state index contributed by atoms with van der Waals surface area (Å²) in [5.74, 6) is 0. The molecule has 0 spiro atoms. The molecule has 0 saturated carbocycles. The third-order valence-electron chi connectivity index (χ3n) is 4.32. The molecule has 1 atom stereocenters. The molecule has 0 unspecified atom stereocenters. The lowest BCUT2D eigenvalue weighted by molar-refractivity contribution is 0.00403. The van der Waals surface area contributed by atoms with Gasteiger partial charge in [0.05, 0.1) is 30.2 Å². The number of ether oxygens (including phenoxy) is 1. The van der Waals surface area contributed by atoms with E-state index in [1.807, 2.05) is 23.0 Å². The molecule has 122 valence electrons. The van der Waals surface area contributed by atoms with Gasteiger partial charge in [-0.2, -0.15) is 5.10 Å². The van der Waals surface area contributed by atoms with Crippen molar-refractivity contribution >= 4 is 0 Å². The minimum absolute atomic E-state index is 0.289. The molecule has 1 fully saturated rings. The highest BCUT2D eigenvalue weighted by molar-refractivity contribution is 5.68. The first-order chi connectivity index (χ1) is 11.9. The molecule has 1 aliphatic heterocycles. The van der Waals surface area contributed by atoms with Gasteiger partial charge in [-0.15, -0.1) is 0 Å². The number of hydrogen-bond acceptors (Lipinski definition) is 4. The molecular weight excluding hydrogens is 300 g/mol. The molecular formula is C19H20N4O. The van der Waals surface area contributed by atoms with E-state index in [2.05, 4.69) is 28.2 Å². The Morgan fingerprint density at radius 2 is 2.00 bits per heavy atom. The average Bonchev–Trinajstić information content (AvgIpc) is 3.12. The van der Waals surface area contributed by atoms with Gasteiger partial charge in [0, 0.05) is 36.3 Å². The van der Waals surface area contributed by atoms with E-state index in [9.17, 15) is 0 Å². The lowest BCUT2D eigenvalue weighted by Gasteiger charge is -2.22. The predicted molar refractivity (Wildman–Crippen MR) is 92.3 cm³/mol. The molecule has 5 heteroatoms. The van der Waals surface area contributed by atoms with Crippen molar-refractivity contribution in [3.8, 4) is 22.5 Å². The number of rotatable bonds is 4. The second kappa shape index (κ2) is 6.93. The van der Waals surface area contributed by atoms with Gasteiger partial charge >= 0.3 is 0 Å². The fourth-order valence-corrected chi connectivity index (χ4v) is 3.06. The van der Waals surface area contributed by atoms with Crippen LogP contribution in [0.3, 0.4) is 0 Å². The van der Waals surface area contributed by atoms with Crippen LogP contribution < -0.4 is 0 Å². The zero-order valence-electron chi connectivity index (χ0n) is 13.5. The van der Waals surface area contributed by atoms with E-state index in [1.54, 1.807) is 18.6 Å². The van der Waals surface area contributed by atoms with E-state index in [0.717, 1.165) is 42.1 Å². The Morgan fingerprint density at radius 3 is 2.79 bits per heavy atom. The Labute approximate surface area is 141 Å². The minimum atomic E-state index is 0.289. The molecule has 1 aliphatic rings. The van der Waals surface area contributed by atoms with Crippen LogP contribution in [0.4, 0.5) is 0 Å². The van der Waals surface area contributed by atoms with Crippen LogP contribution in [0.25, 0.3) is 22.5 Å². The van der Waals surface area contributed by atoms with Gasteiger partial charge in [0.2, 0.25) is 0 Å². The maximum Gasteiger partial charge on any atom is 0.0923 e. The van der Waals surface area contributed by atoms with Gasteiger partial charge in [0.25, 0.3) is 0 Å². The molecule has 4 rings (SSSR count). The maximum atomic E-state index is 5.80. The molecule has 0 amide bonds. The lowest BCUT2D eigenvalue weighted by atomic mass is 10.1. The summed E-state index contributed by atoms with van der Waals surface area (Å²) in [7, 11) is 0. The topological polar surface area (TPSA) is 52.8 Å². The first kappa shape index (κ1) is 15.0. The van der Waals surface area contributed by atoms with Crippen molar-refractivity contribution < 1.29 is 4.74 Å². The summed E-state index contributed by atoms with van der Waals surface area (Å²) >= 11 is 0. The van der Waals surface area contributed by atoms with Gasteiger partial charge in [0.1, 0.15) is 0 Å². The fourth-order valence-electron chi connectivity index (χ4n) is 3.06. The smallest absolute Gasteiger partial charge is 0.0923 e. The molecule has 3 aromatic rings. The monoisotopic (exact) mass is 320 g/mol. The highest BCUT2D eigenvalue weighted by Crippen LogP contribution is 2.24. The van der Waals surface area contributed by atoms with Crippen LogP contribution in [0.2, 0.25) is 0 Å². The van der Waals surface area contributed by atoms with Crippen molar-refractivity contribution in [3.05, 3.63) is 55.1 Å². The van der Waals surface area contributed by atoms with Crippen molar-refractivity contribution in [1.82, 2.24) is 19.7 Å². The summed E-state index contributed by atoms with van der Waals surface area (Å²) in [6.45, 7) is 1.70. The Morgan fingerprint density at radius 1 is 1.08 bits per heavy atom. The number of hydrogen-bond donors (Lipinski definition) is 0. The third kappa shape index (κ3) is 3.36. The Kier molecular flexibility index (Phi) is 4.34. The van der Waals surface area contributed by atoms with Crippen LogP contribution in [-0.2, 0) is 11.3 Å². The Hall–Kier alpha value is -2.53. The van der Waals surface area contributed by atoms with E-state index in [4.69, 9.17) is 9.84 Å². The number of nitrogens with zero attached hydrogens (tertiary/aromatic N) is 4. The third-order valence-corrected chi connectivity index (χ3v) is 4.32. The van der Waals surface area contributed by atoms with Gasteiger partial charge in [-0.25, -0.2) is 0 Å². The summed E-state index contributed by atoms with van der Waals surface area (Å²) in [5.41, 5.74) is 3.97. The standard InChI is InChI=1S/C19H20N4O/c1-2-11-24-17(6-1)14-23-10-7-18(22-23)15-4-3-5-16(12-15)19-13-20-8-9-21-19/h3-5,7-10,12-13,17H,1-2,6,11,14H2/t17-/m1/s1. The van der Waals surface area contributed by atoms with Crippen LogP contribution in [0.15, 0.2) is 55.1 Å². The van der Waals surface area contributed by atoms with Gasteiger partial charge in [0.15, 0.2) is 0 Å². The van der Waals surface area contributed by atoms with Crippen LogP contribution in [-0.4, -0.2) is 32.5 Å². The van der Waals surface area contributed by atoms with Gasteiger partial charge in [-0.1, -0.05) is 18.2 Å². The van der Waals surface area contributed by atoms with E-state index in [-0.39, 0.29) is 6.10 Å². The van der Waals surface area contributed by atoms with E-state index in [0.29, 0.717) is 0 Å². The molecule has 1 aromatic carbocycles. The van der Waals surface area contributed by atoms with E-state index < -0.39 is 0 Å². The van der Waals surface area contributed by atoms with Crippen molar-refractivity contribution in [1.29, 1.82) is 0 Å². The first-order valence-corrected chi connectivity index (χ1v) is 8.40. The Balaban J connectivity index is 1.54. The predicted octanol–water partition coefficient (Wildman–Crippen LogP) is 3.58. The molecule has 0 aliphatic carbocycles. The highest BCUT2D eigenvalue weighted by Gasteiger charge is 2.15. The quantitative estimate of drug-likeness (QED) is 0.737. The zero-order valence-corrected chi connectivity index (χ0v) is 13.5. The largest absolute Gasteiger partial charge is 0.376 e. The van der Waals surface area contributed by atoms with E-state index in [1.165, 1.54) is 12.8 Å². The molecule has 1 saturated heterocycles. The second-order valence-corrected chi connectivity index (χ2v) is 6.08. The fraction of sp³-hybridized carbons (Fsp3) is 0.316. The van der Waals surface area contributed by atoms with Gasteiger partial charge in [-0.3, -0.25) is 14.6 Å². The summed E-state index contributed by atoms with van der Waals surface area (Å²) < 4.78 is 7.78. The SMILES string of the molecule is c1cc(-c2cnccn2)cc(-c2ccn(C[C@H]3CCCCO3)n2)c1. The van der Waals surface area contributed by atoms with Crippen LogP contribution >= 0.6 is 0 Å². The van der Waals surface area contributed by atoms with Gasteiger partial charge in [-0.05, 0) is 31.4 Å². The molecule has 0 radical (unpaired) electrons. The summed E-state index contributed by atoms with van der Waals surface area (Å²) in [6, 6.07) is 10.3. The maximum absolute atomic E-state index is 5.80. The number of aromatic nitrogens is 4. The summed E-state index contributed by atoms with van der Waals surface area (Å²) in [4.78, 5) is 8.50.